The topological polar surface area (TPSA) is 49.8 Å². The van der Waals surface area contributed by atoms with E-state index in [1.807, 2.05) is 66.7 Å². The number of carbonyl (C=O) groups is 1. The molecule has 5 heteroatoms. The highest BCUT2D eigenvalue weighted by Crippen LogP contribution is 2.29. The molecule has 0 atom stereocenters. The summed E-state index contributed by atoms with van der Waals surface area (Å²) in [7, 11) is -0.276. The minimum atomic E-state index is -0.908. The predicted octanol–water partition coefficient (Wildman–Crippen LogP) is 6.46. The van der Waals surface area contributed by atoms with Crippen molar-refractivity contribution in [2.75, 3.05) is 11.4 Å². The third-order valence-corrected chi connectivity index (χ3v) is 5.97. The molecule has 0 fully saturated rings. The minimum absolute atomic E-state index is 0.276. The van der Waals surface area contributed by atoms with Gasteiger partial charge in [0, 0.05) is 26.7 Å². The van der Waals surface area contributed by atoms with Gasteiger partial charge in [0.05, 0.1) is 5.56 Å². The first-order chi connectivity index (χ1) is 14.0. The zero-order chi connectivity index (χ0) is 20.6. The number of benzene rings is 3. The molecule has 29 heavy (non-hydrogen) atoms. The Morgan fingerprint density at radius 3 is 1.97 bits per heavy atom. The SMILES string of the molecule is C[Si](C)CCCN(c1ccc(Oc2ccccc2)cc1)c1ccc(C(=O)O)cc1. The van der Waals surface area contributed by atoms with Crippen LogP contribution in [0.2, 0.25) is 19.1 Å². The van der Waals surface area contributed by atoms with Gasteiger partial charge in [0.2, 0.25) is 0 Å². The van der Waals surface area contributed by atoms with E-state index in [0.29, 0.717) is 5.56 Å². The van der Waals surface area contributed by atoms with Crippen molar-refractivity contribution in [3.63, 3.8) is 0 Å². The van der Waals surface area contributed by atoms with E-state index in [1.165, 1.54) is 6.04 Å². The number of rotatable bonds is 9. The van der Waals surface area contributed by atoms with Gasteiger partial charge in [0.25, 0.3) is 0 Å². The molecule has 0 aliphatic heterocycles. The molecule has 0 heterocycles. The first-order valence-electron chi connectivity index (χ1n) is 9.76. The van der Waals surface area contributed by atoms with Crippen molar-refractivity contribution < 1.29 is 14.6 Å². The van der Waals surface area contributed by atoms with E-state index in [9.17, 15) is 4.79 Å². The summed E-state index contributed by atoms with van der Waals surface area (Å²) >= 11 is 0. The van der Waals surface area contributed by atoms with Crippen molar-refractivity contribution in [2.45, 2.75) is 25.6 Å². The smallest absolute Gasteiger partial charge is 0.335 e. The van der Waals surface area contributed by atoms with E-state index >= 15 is 0 Å². The molecular formula is C24H26NO3Si. The Bertz CT molecular complexity index is 909. The number of nitrogens with zero attached hydrogens (tertiary/aromatic N) is 1. The molecule has 149 valence electrons. The number of anilines is 2. The van der Waals surface area contributed by atoms with Crippen molar-refractivity contribution in [1.29, 1.82) is 0 Å². The van der Waals surface area contributed by atoms with Crippen LogP contribution >= 0.6 is 0 Å². The molecule has 0 unspecified atom stereocenters. The highest BCUT2D eigenvalue weighted by Gasteiger charge is 2.12. The summed E-state index contributed by atoms with van der Waals surface area (Å²) in [6, 6.07) is 26.1. The van der Waals surface area contributed by atoms with Crippen LogP contribution < -0.4 is 9.64 Å². The molecular weight excluding hydrogens is 378 g/mol. The molecule has 4 nitrogen and oxygen atoms in total. The Morgan fingerprint density at radius 1 is 0.862 bits per heavy atom. The number of hydrogen-bond acceptors (Lipinski definition) is 3. The number of carboxylic acid groups (broad SMARTS) is 1. The van der Waals surface area contributed by atoms with Gasteiger partial charge in [-0.15, -0.1) is 0 Å². The Labute approximate surface area is 174 Å². The van der Waals surface area contributed by atoms with Gasteiger partial charge >= 0.3 is 5.97 Å². The van der Waals surface area contributed by atoms with Crippen LogP contribution in [0.1, 0.15) is 16.8 Å². The third-order valence-electron chi connectivity index (χ3n) is 4.61. The van der Waals surface area contributed by atoms with E-state index in [0.717, 1.165) is 35.8 Å². The van der Waals surface area contributed by atoms with Crippen molar-refractivity contribution in [3.8, 4) is 11.5 Å². The second-order valence-electron chi connectivity index (χ2n) is 7.22. The first-order valence-corrected chi connectivity index (χ1v) is 12.5. The standard InChI is InChI=1S/C24H26NO3Si/c1-29(2)18-6-17-25(20-11-9-19(10-12-20)24(26)27)21-13-15-23(16-14-21)28-22-7-4-3-5-8-22/h3-5,7-16H,6,17-18H2,1-2H3,(H,26,27). The highest BCUT2D eigenvalue weighted by molar-refractivity contribution is 6.55. The number of para-hydroxylation sites is 1. The molecule has 0 spiro atoms. The van der Waals surface area contributed by atoms with E-state index in [2.05, 4.69) is 18.0 Å². The molecule has 0 aliphatic rings. The van der Waals surface area contributed by atoms with Gasteiger partial charge < -0.3 is 14.7 Å². The van der Waals surface area contributed by atoms with E-state index in [1.54, 1.807) is 12.1 Å². The van der Waals surface area contributed by atoms with Crippen LogP contribution in [0.4, 0.5) is 11.4 Å². The maximum Gasteiger partial charge on any atom is 0.335 e. The molecule has 0 aromatic heterocycles. The van der Waals surface area contributed by atoms with Crippen LogP contribution in [0.5, 0.6) is 11.5 Å². The van der Waals surface area contributed by atoms with E-state index < -0.39 is 5.97 Å². The quantitative estimate of drug-likeness (QED) is 0.416. The number of hydrogen-bond donors (Lipinski definition) is 1. The lowest BCUT2D eigenvalue weighted by atomic mass is 10.1. The monoisotopic (exact) mass is 404 g/mol. The van der Waals surface area contributed by atoms with Gasteiger partial charge in [0.1, 0.15) is 11.5 Å². The zero-order valence-corrected chi connectivity index (χ0v) is 17.8. The normalized spacial score (nSPS) is 10.7. The summed E-state index contributed by atoms with van der Waals surface area (Å²) in [6.45, 7) is 5.54. The second kappa shape index (κ2) is 9.93. The molecule has 0 aliphatic carbocycles. The van der Waals surface area contributed by atoms with Gasteiger partial charge in [-0.3, -0.25) is 0 Å². The number of aromatic carboxylic acids is 1. The molecule has 0 bridgehead atoms. The lowest BCUT2D eigenvalue weighted by molar-refractivity contribution is 0.0697. The third kappa shape index (κ3) is 5.96. The first kappa shape index (κ1) is 20.7. The van der Waals surface area contributed by atoms with Gasteiger partial charge in [-0.05, 0) is 67.1 Å². The van der Waals surface area contributed by atoms with Crippen molar-refractivity contribution in [1.82, 2.24) is 0 Å². The van der Waals surface area contributed by atoms with Gasteiger partial charge in [0.15, 0.2) is 0 Å². The fourth-order valence-electron chi connectivity index (χ4n) is 3.10. The molecule has 0 saturated heterocycles. The van der Waals surface area contributed by atoms with Gasteiger partial charge in [-0.2, -0.15) is 0 Å². The Morgan fingerprint density at radius 2 is 1.41 bits per heavy atom. The molecule has 3 aromatic rings. The summed E-state index contributed by atoms with van der Waals surface area (Å²) in [6.07, 6.45) is 1.10. The Hall–Kier alpha value is -3.05. The van der Waals surface area contributed by atoms with E-state index in [4.69, 9.17) is 9.84 Å². The van der Waals surface area contributed by atoms with Crippen LogP contribution in [-0.2, 0) is 0 Å². The minimum Gasteiger partial charge on any atom is -0.478 e. The molecule has 3 rings (SSSR count). The zero-order valence-electron chi connectivity index (χ0n) is 16.8. The van der Waals surface area contributed by atoms with Crippen LogP contribution in [0.3, 0.4) is 0 Å². The molecule has 1 radical (unpaired) electrons. The lowest BCUT2D eigenvalue weighted by Crippen LogP contribution is -2.19. The fourth-order valence-corrected chi connectivity index (χ4v) is 3.97. The van der Waals surface area contributed by atoms with Crippen LogP contribution in [0, 0.1) is 0 Å². The van der Waals surface area contributed by atoms with Gasteiger partial charge in [-0.1, -0.05) is 37.3 Å². The largest absolute Gasteiger partial charge is 0.478 e. The average molecular weight is 405 g/mol. The van der Waals surface area contributed by atoms with Crippen molar-refractivity contribution in [3.05, 3.63) is 84.4 Å². The maximum absolute atomic E-state index is 11.2. The summed E-state index contributed by atoms with van der Waals surface area (Å²) in [5.74, 6) is 0.686. The Balaban J connectivity index is 1.80. The van der Waals surface area contributed by atoms with Crippen LogP contribution in [-0.4, -0.2) is 26.4 Å². The summed E-state index contributed by atoms with van der Waals surface area (Å²) in [4.78, 5) is 13.4. The summed E-state index contributed by atoms with van der Waals surface area (Å²) in [5.41, 5.74) is 2.36. The van der Waals surface area contributed by atoms with E-state index in [-0.39, 0.29) is 8.80 Å². The lowest BCUT2D eigenvalue weighted by Gasteiger charge is -2.26. The molecule has 1 N–H and O–H groups in total. The molecule has 0 amide bonds. The average Bonchev–Trinajstić information content (AvgIpc) is 2.73. The fraction of sp³-hybridized carbons (Fsp3) is 0.208. The maximum atomic E-state index is 11.2. The number of ether oxygens (including phenoxy) is 1. The van der Waals surface area contributed by atoms with Crippen molar-refractivity contribution in [2.24, 2.45) is 0 Å². The molecule has 0 saturated carbocycles. The van der Waals surface area contributed by atoms with Crippen molar-refractivity contribution >= 4 is 26.1 Å². The number of carboxylic acids is 1. The molecule has 3 aromatic carbocycles. The summed E-state index contributed by atoms with van der Waals surface area (Å²) in [5, 5.41) is 9.16. The van der Waals surface area contributed by atoms with Gasteiger partial charge in [-0.25, -0.2) is 4.79 Å². The highest BCUT2D eigenvalue weighted by atomic mass is 28.3. The summed E-state index contributed by atoms with van der Waals surface area (Å²) < 4.78 is 5.89. The Kier molecular flexibility index (Phi) is 7.08. The van der Waals surface area contributed by atoms with Crippen LogP contribution in [0.25, 0.3) is 0 Å². The predicted molar refractivity (Wildman–Crippen MR) is 120 cm³/mol. The van der Waals surface area contributed by atoms with Crippen LogP contribution in [0.15, 0.2) is 78.9 Å². The second-order valence-corrected chi connectivity index (χ2v) is 10.1.